The predicted octanol–water partition coefficient (Wildman–Crippen LogP) is 5.45. The number of aryl methyl sites for hydroxylation is 2. The van der Waals surface area contributed by atoms with Crippen LogP contribution in [-0.4, -0.2) is 35.5 Å². The first-order valence-electron chi connectivity index (χ1n) is 10.9. The van der Waals surface area contributed by atoms with Gasteiger partial charge in [-0.1, -0.05) is 34.1 Å². The van der Waals surface area contributed by atoms with E-state index in [1.807, 2.05) is 37.3 Å². The summed E-state index contributed by atoms with van der Waals surface area (Å²) >= 11 is 6.87. The molecule has 0 spiro atoms. The molecule has 1 N–H and O–H groups in total. The molecule has 1 aromatic heterocycles. The fourth-order valence-electron chi connectivity index (χ4n) is 3.51. The van der Waals surface area contributed by atoms with Gasteiger partial charge in [-0.3, -0.25) is 9.59 Å². The van der Waals surface area contributed by atoms with Gasteiger partial charge < -0.3 is 14.8 Å². The Morgan fingerprint density at radius 1 is 1.14 bits per heavy atom. The van der Waals surface area contributed by atoms with Crippen molar-refractivity contribution in [2.45, 2.75) is 13.8 Å². The molecule has 36 heavy (non-hydrogen) atoms. The van der Waals surface area contributed by atoms with Crippen LogP contribution >= 0.6 is 31.9 Å². The highest BCUT2D eigenvalue weighted by Crippen LogP contribution is 2.36. The van der Waals surface area contributed by atoms with Gasteiger partial charge in [0.05, 0.1) is 28.7 Å². The van der Waals surface area contributed by atoms with Crippen LogP contribution in [0.3, 0.4) is 0 Å². The minimum atomic E-state index is -0.297. The quantitative estimate of drug-likeness (QED) is 0.280. The van der Waals surface area contributed by atoms with Gasteiger partial charge in [0.15, 0.2) is 18.1 Å². The van der Waals surface area contributed by atoms with Gasteiger partial charge in [0.25, 0.3) is 11.5 Å². The Balaban J connectivity index is 1.55. The third-order valence-corrected chi connectivity index (χ3v) is 6.39. The van der Waals surface area contributed by atoms with Gasteiger partial charge in [0, 0.05) is 10.2 Å². The standard InChI is InChI=1S/C26H22Br2N4O4/c1-15-6-4-5-7-21(15)31-24(33)14-36-25-20(28)10-17(11-23(25)35-3)13-29-32-16(2)30-22-9-8-18(27)12-19(22)26(32)34/h4-13H,14H2,1-3H3,(H,31,33). The number of aromatic nitrogens is 2. The zero-order valence-corrected chi connectivity index (χ0v) is 22.9. The van der Waals surface area contributed by atoms with Gasteiger partial charge in [-0.2, -0.15) is 9.78 Å². The number of fused-ring (bicyclic) bond motifs is 1. The molecule has 3 aromatic carbocycles. The molecule has 4 rings (SSSR count). The predicted molar refractivity (Wildman–Crippen MR) is 147 cm³/mol. The number of anilines is 1. The molecule has 0 aliphatic carbocycles. The molecule has 8 nitrogen and oxygen atoms in total. The molecule has 0 atom stereocenters. The zero-order chi connectivity index (χ0) is 25.8. The molecule has 0 bridgehead atoms. The molecular weight excluding hydrogens is 592 g/mol. The summed E-state index contributed by atoms with van der Waals surface area (Å²) in [6.45, 7) is 3.43. The molecule has 0 aliphatic rings. The third-order valence-electron chi connectivity index (χ3n) is 5.31. The second-order valence-electron chi connectivity index (χ2n) is 7.87. The minimum Gasteiger partial charge on any atom is -0.493 e. The Kier molecular flexibility index (Phi) is 7.85. The molecule has 0 radical (unpaired) electrons. The van der Waals surface area contributed by atoms with Crippen LogP contribution in [0.25, 0.3) is 10.9 Å². The third kappa shape index (κ3) is 5.66. The molecule has 10 heteroatoms. The minimum absolute atomic E-state index is 0.205. The van der Waals surface area contributed by atoms with Crippen molar-refractivity contribution in [3.05, 3.63) is 90.8 Å². The van der Waals surface area contributed by atoms with Crippen molar-refractivity contribution in [1.82, 2.24) is 9.66 Å². The number of nitrogens with zero attached hydrogens (tertiary/aromatic N) is 3. The Labute approximate surface area is 224 Å². The van der Waals surface area contributed by atoms with Gasteiger partial charge in [0.1, 0.15) is 5.82 Å². The van der Waals surface area contributed by atoms with Crippen molar-refractivity contribution in [3.63, 3.8) is 0 Å². The normalized spacial score (nSPS) is 11.1. The number of hydrogen-bond donors (Lipinski definition) is 1. The molecule has 0 unspecified atom stereocenters. The van der Waals surface area contributed by atoms with E-state index in [1.165, 1.54) is 18.0 Å². The smallest absolute Gasteiger partial charge is 0.282 e. The Hall–Kier alpha value is -3.50. The number of carbonyl (C=O) groups is 1. The van der Waals surface area contributed by atoms with Crippen molar-refractivity contribution in [2.75, 3.05) is 19.0 Å². The summed E-state index contributed by atoms with van der Waals surface area (Å²) in [6, 6.07) is 16.3. The first-order chi connectivity index (χ1) is 17.3. The second-order valence-corrected chi connectivity index (χ2v) is 9.64. The van der Waals surface area contributed by atoms with E-state index >= 15 is 0 Å². The van der Waals surface area contributed by atoms with E-state index in [0.29, 0.717) is 38.3 Å². The van der Waals surface area contributed by atoms with Crippen LogP contribution in [0.15, 0.2) is 73.4 Å². The number of nitrogens with one attached hydrogen (secondary N) is 1. The van der Waals surface area contributed by atoms with E-state index in [9.17, 15) is 9.59 Å². The molecule has 4 aromatic rings. The van der Waals surface area contributed by atoms with Crippen molar-refractivity contribution in [3.8, 4) is 11.5 Å². The number of para-hydroxylation sites is 1. The van der Waals surface area contributed by atoms with Crippen molar-refractivity contribution in [1.29, 1.82) is 0 Å². The summed E-state index contributed by atoms with van der Waals surface area (Å²) in [5.41, 5.74) is 2.66. The maximum Gasteiger partial charge on any atom is 0.282 e. The molecular formula is C26H22Br2N4O4. The molecule has 0 aliphatic heterocycles. The van der Waals surface area contributed by atoms with Crippen LogP contribution in [0, 0.1) is 13.8 Å². The van der Waals surface area contributed by atoms with Crippen LogP contribution < -0.4 is 20.3 Å². The molecule has 1 amide bonds. The lowest BCUT2D eigenvalue weighted by Crippen LogP contribution is -2.21. The van der Waals surface area contributed by atoms with E-state index in [4.69, 9.17) is 9.47 Å². The van der Waals surface area contributed by atoms with E-state index in [-0.39, 0.29) is 18.1 Å². The topological polar surface area (TPSA) is 94.8 Å². The summed E-state index contributed by atoms with van der Waals surface area (Å²) in [4.78, 5) is 29.8. The van der Waals surface area contributed by atoms with Gasteiger partial charge in [-0.05, 0) is 77.3 Å². The van der Waals surface area contributed by atoms with Crippen LogP contribution in [0.1, 0.15) is 17.0 Å². The lowest BCUT2D eigenvalue weighted by molar-refractivity contribution is -0.118. The summed E-state index contributed by atoms with van der Waals surface area (Å²) in [6.07, 6.45) is 1.53. The average Bonchev–Trinajstić information content (AvgIpc) is 2.85. The number of rotatable bonds is 7. The van der Waals surface area contributed by atoms with Crippen LogP contribution in [-0.2, 0) is 4.79 Å². The summed E-state index contributed by atoms with van der Waals surface area (Å²) < 4.78 is 13.8. The zero-order valence-electron chi connectivity index (χ0n) is 19.7. The SMILES string of the molecule is COc1cc(C=Nn2c(C)nc3ccc(Br)cc3c2=O)cc(Br)c1OCC(=O)Nc1ccccc1C. The fraction of sp³-hybridized carbons (Fsp3) is 0.154. The van der Waals surface area contributed by atoms with Crippen molar-refractivity contribution >= 4 is 60.6 Å². The number of halogens is 2. The van der Waals surface area contributed by atoms with Crippen LogP contribution in [0.4, 0.5) is 5.69 Å². The molecule has 1 heterocycles. The largest absolute Gasteiger partial charge is 0.493 e. The lowest BCUT2D eigenvalue weighted by atomic mass is 10.2. The number of methoxy groups -OCH3 is 1. The number of ether oxygens (including phenoxy) is 2. The Morgan fingerprint density at radius 3 is 2.67 bits per heavy atom. The second kappa shape index (κ2) is 11.0. The van der Waals surface area contributed by atoms with Gasteiger partial charge in [-0.15, -0.1) is 0 Å². The van der Waals surface area contributed by atoms with Crippen molar-refractivity contribution in [2.24, 2.45) is 5.10 Å². The van der Waals surface area contributed by atoms with E-state index in [1.54, 1.807) is 31.2 Å². The number of benzene rings is 3. The molecule has 184 valence electrons. The van der Waals surface area contributed by atoms with E-state index in [0.717, 1.165) is 15.7 Å². The summed E-state index contributed by atoms with van der Waals surface area (Å²) in [7, 11) is 1.50. The molecule has 0 fully saturated rings. The van der Waals surface area contributed by atoms with Gasteiger partial charge in [0.2, 0.25) is 0 Å². The first-order valence-corrected chi connectivity index (χ1v) is 12.4. The molecule has 0 saturated heterocycles. The maximum absolute atomic E-state index is 13.0. The van der Waals surface area contributed by atoms with E-state index < -0.39 is 0 Å². The summed E-state index contributed by atoms with van der Waals surface area (Å²) in [5, 5.41) is 7.64. The molecule has 0 saturated carbocycles. The van der Waals surface area contributed by atoms with Crippen LogP contribution in [0.2, 0.25) is 0 Å². The summed E-state index contributed by atoms with van der Waals surface area (Å²) in [5.74, 6) is 0.935. The highest BCUT2D eigenvalue weighted by molar-refractivity contribution is 9.10. The fourth-order valence-corrected chi connectivity index (χ4v) is 4.45. The maximum atomic E-state index is 13.0. The highest BCUT2D eigenvalue weighted by atomic mass is 79.9. The number of hydrogen-bond acceptors (Lipinski definition) is 6. The van der Waals surface area contributed by atoms with Gasteiger partial charge >= 0.3 is 0 Å². The lowest BCUT2D eigenvalue weighted by Gasteiger charge is -2.14. The Morgan fingerprint density at radius 2 is 1.92 bits per heavy atom. The average molecular weight is 614 g/mol. The highest BCUT2D eigenvalue weighted by Gasteiger charge is 2.14. The first kappa shape index (κ1) is 25.6. The van der Waals surface area contributed by atoms with Gasteiger partial charge in [-0.25, -0.2) is 4.98 Å². The van der Waals surface area contributed by atoms with Crippen LogP contribution in [0.5, 0.6) is 11.5 Å². The Bertz CT molecular complexity index is 1550. The van der Waals surface area contributed by atoms with Crippen molar-refractivity contribution < 1.29 is 14.3 Å². The number of carbonyl (C=O) groups excluding carboxylic acids is 1. The number of amides is 1. The monoisotopic (exact) mass is 612 g/mol. The van der Waals surface area contributed by atoms with E-state index in [2.05, 4.69) is 47.3 Å².